The Morgan fingerprint density at radius 3 is 1.00 bits per heavy atom. The first kappa shape index (κ1) is 32.4. The van der Waals surface area contributed by atoms with Gasteiger partial charge in [-0.3, -0.25) is 0 Å². The smallest absolute Gasteiger partial charge is 0.178 e. The molecular weight excluding hydrogens is 625 g/mol. The van der Waals surface area contributed by atoms with Gasteiger partial charge in [-0.15, -0.1) is 0 Å². The van der Waals surface area contributed by atoms with Crippen LogP contribution in [0.5, 0.6) is 34.5 Å². The molecule has 0 saturated carbocycles. The highest BCUT2D eigenvalue weighted by atomic mass is 16.5. The Kier molecular flexibility index (Phi) is 8.79. The van der Waals surface area contributed by atoms with Crippen LogP contribution in [0.25, 0.3) is 43.1 Å². The minimum absolute atomic E-state index is 0.665. The first-order chi connectivity index (χ1) is 25.1. The van der Waals surface area contributed by atoms with Gasteiger partial charge in [-0.1, -0.05) is 125 Å². The molecule has 0 unspecified atom stereocenters. The molecule has 8 rings (SSSR count). The molecule has 8 aromatic rings. The van der Waals surface area contributed by atoms with Crippen LogP contribution in [0.4, 0.5) is 0 Å². The van der Waals surface area contributed by atoms with Gasteiger partial charge in [-0.25, -0.2) is 0 Å². The van der Waals surface area contributed by atoms with Gasteiger partial charge in [0.05, 0.1) is 0 Å². The minimum atomic E-state index is 0.665. The van der Waals surface area contributed by atoms with Gasteiger partial charge in [0.2, 0.25) is 0 Å². The average Bonchev–Trinajstić information content (AvgIpc) is 3.18. The largest absolute Gasteiger partial charge is 0.453 e. The Labute approximate surface area is 300 Å². The third kappa shape index (κ3) is 5.63. The van der Waals surface area contributed by atoms with Crippen LogP contribution in [0.15, 0.2) is 133 Å². The van der Waals surface area contributed by atoms with Crippen molar-refractivity contribution < 1.29 is 14.2 Å². The predicted octanol–water partition coefficient (Wildman–Crippen LogP) is 13.9. The molecule has 0 heterocycles. The van der Waals surface area contributed by atoms with Crippen molar-refractivity contribution in [2.75, 3.05) is 0 Å². The van der Waals surface area contributed by atoms with Crippen LogP contribution in [-0.4, -0.2) is 0 Å². The third-order valence-electron chi connectivity index (χ3n) is 10.2. The fourth-order valence-corrected chi connectivity index (χ4v) is 8.00. The van der Waals surface area contributed by atoms with Gasteiger partial charge < -0.3 is 14.2 Å². The summed E-state index contributed by atoms with van der Waals surface area (Å²) in [7, 11) is 0. The first-order valence-corrected chi connectivity index (χ1v) is 18.3. The molecule has 3 nitrogen and oxygen atoms in total. The maximum Gasteiger partial charge on any atom is 0.178 e. The summed E-state index contributed by atoms with van der Waals surface area (Å²) in [6.07, 6.45) is 3.45. The molecule has 0 aliphatic carbocycles. The zero-order valence-electron chi connectivity index (χ0n) is 29.8. The van der Waals surface area contributed by atoms with Crippen molar-refractivity contribution in [1.82, 2.24) is 0 Å². The van der Waals surface area contributed by atoms with Crippen LogP contribution >= 0.6 is 0 Å². The van der Waals surface area contributed by atoms with Crippen LogP contribution in [0, 0.1) is 0 Å². The topological polar surface area (TPSA) is 27.7 Å². The summed E-state index contributed by atoms with van der Waals surface area (Å²) < 4.78 is 21.0. The Bertz CT molecular complexity index is 2360. The molecule has 3 heteroatoms. The Balaban J connectivity index is 1.51. The van der Waals surface area contributed by atoms with E-state index in [0.717, 1.165) is 48.0 Å². The second-order valence-electron chi connectivity index (χ2n) is 13.0. The van der Waals surface area contributed by atoms with E-state index < -0.39 is 0 Å². The van der Waals surface area contributed by atoms with E-state index in [1.54, 1.807) is 0 Å². The molecule has 0 aromatic heterocycles. The van der Waals surface area contributed by atoms with Crippen molar-refractivity contribution in [3.8, 4) is 34.5 Å². The van der Waals surface area contributed by atoms with Gasteiger partial charge in [0.15, 0.2) is 23.0 Å². The normalized spacial score (nSPS) is 11.5. The molecule has 0 N–H and O–H groups in total. The fraction of sp³-hybridized carbons (Fsp3) is 0.167. The van der Waals surface area contributed by atoms with Gasteiger partial charge in [0, 0.05) is 10.8 Å². The number of hydrogen-bond donors (Lipinski definition) is 0. The van der Waals surface area contributed by atoms with Crippen LogP contribution in [0.2, 0.25) is 0 Å². The number of ether oxygens (including phenoxy) is 3. The van der Waals surface area contributed by atoms with Crippen LogP contribution < -0.4 is 14.2 Å². The van der Waals surface area contributed by atoms with Gasteiger partial charge in [-0.2, -0.15) is 0 Å². The molecule has 252 valence electrons. The van der Waals surface area contributed by atoms with Crippen LogP contribution in [0.3, 0.4) is 0 Å². The molecule has 0 saturated heterocycles. The summed E-state index contributed by atoms with van der Waals surface area (Å²) >= 11 is 0. The lowest BCUT2D eigenvalue weighted by Crippen LogP contribution is -2.02. The lowest BCUT2D eigenvalue weighted by molar-refractivity contribution is 0.400. The lowest BCUT2D eigenvalue weighted by atomic mass is 9.88. The summed E-state index contributed by atoms with van der Waals surface area (Å²) in [5.41, 5.74) is 5.10. The van der Waals surface area contributed by atoms with Crippen molar-refractivity contribution >= 4 is 43.1 Å². The SMILES string of the molecule is CCc1c2ccccc2c(CC)c2c(Oc3c(Oc4ccccc4)ccc4c(CC)c5ccccc5c(CC)c34)c(Oc3ccccc3)ccc12. The lowest BCUT2D eigenvalue weighted by Gasteiger charge is -2.24. The van der Waals surface area contributed by atoms with Gasteiger partial charge in [-0.05, 0) is 117 Å². The molecule has 0 aliphatic rings. The van der Waals surface area contributed by atoms with E-state index in [9.17, 15) is 0 Å². The van der Waals surface area contributed by atoms with Gasteiger partial charge in [0.25, 0.3) is 0 Å². The van der Waals surface area contributed by atoms with Crippen LogP contribution in [0.1, 0.15) is 49.9 Å². The summed E-state index contributed by atoms with van der Waals surface area (Å²) in [5, 5.41) is 9.61. The second kappa shape index (κ2) is 13.8. The molecule has 0 spiro atoms. The highest BCUT2D eigenvalue weighted by molar-refractivity contribution is 6.11. The Hall–Kier alpha value is -5.80. The van der Waals surface area contributed by atoms with E-state index in [1.165, 1.54) is 54.6 Å². The number of fused-ring (bicyclic) bond motifs is 4. The summed E-state index contributed by atoms with van der Waals surface area (Å²) in [6.45, 7) is 8.95. The molecule has 0 aliphatic heterocycles. The molecule has 0 amide bonds. The predicted molar refractivity (Wildman–Crippen MR) is 214 cm³/mol. The highest BCUT2D eigenvalue weighted by Crippen LogP contribution is 2.51. The van der Waals surface area contributed by atoms with E-state index in [2.05, 4.69) is 100 Å². The number of benzene rings is 8. The van der Waals surface area contributed by atoms with Crippen molar-refractivity contribution in [2.24, 2.45) is 0 Å². The summed E-state index contributed by atoms with van der Waals surface area (Å²) in [6, 6.07) is 46.1. The number of aryl methyl sites for hydroxylation is 4. The zero-order chi connectivity index (χ0) is 34.9. The van der Waals surface area contributed by atoms with Crippen molar-refractivity contribution in [3.63, 3.8) is 0 Å². The fourth-order valence-electron chi connectivity index (χ4n) is 8.00. The third-order valence-corrected chi connectivity index (χ3v) is 10.2. The Morgan fingerprint density at radius 2 is 0.647 bits per heavy atom. The maximum atomic E-state index is 7.54. The number of rotatable bonds is 10. The molecule has 8 aromatic carbocycles. The van der Waals surface area contributed by atoms with E-state index in [-0.39, 0.29) is 0 Å². The summed E-state index contributed by atoms with van der Waals surface area (Å²) in [5.74, 6) is 4.24. The molecule has 0 bridgehead atoms. The van der Waals surface area contributed by atoms with Crippen molar-refractivity contribution in [3.05, 3.63) is 156 Å². The number of hydrogen-bond acceptors (Lipinski definition) is 3. The van der Waals surface area contributed by atoms with Crippen molar-refractivity contribution in [1.29, 1.82) is 0 Å². The van der Waals surface area contributed by atoms with E-state index in [0.29, 0.717) is 23.0 Å². The Morgan fingerprint density at radius 1 is 0.314 bits per heavy atom. The molecule has 0 atom stereocenters. The molecule has 0 fully saturated rings. The van der Waals surface area contributed by atoms with Crippen molar-refractivity contribution in [2.45, 2.75) is 53.4 Å². The number of para-hydroxylation sites is 2. The molecule has 0 radical (unpaired) electrons. The molecular formula is C48H42O3. The monoisotopic (exact) mass is 666 g/mol. The minimum Gasteiger partial charge on any atom is -0.453 e. The first-order valence-electron chi connectivity index (χ1n) is 18.3. The molecule has 51 heavy (non-hydrogen) atoms. The zero-order valence-corrected chi connectivity index (χ0v) is 29.8. The van der Waals surface area contributed by atoms with E-state index >= 15 is 0 Å². The van der Waals surface area contributed by atoms with E-state index in [1.807, 2.05) is 60.7 Å². The average molecular weight is 667 g/mol. The van der Waals surface area contributed by atoms with E-state index in [4.69, 9.17) is 14.2 Å². The van der Waals surface area contributed by atoms with Gasteiger partial charge in [0.1, 0.15) is 11.5 Å². The quantitative estimate of drug-likeness (QED) is 0.136. The highest BCUT2D eigenvalue weighted by Gasteiger charge is 2.25. The standard InChI is InChI=1S/C48H42O3/c1-5-33-37-23-15-17-25-39(37)35(7-3)45-41(33)27-29-43(49-31-19-11-9-12-20-31)47(45)51-48-44(50-32-21-13-10-14-22-32)30-28-42-34(6-2)38-24-16-18-26-40(38)36(8-4)46(42)48/h9-30H,5-8H2,1-4H3. The summed E-state index contributed by atoms with van der Waals surface area (Å²) in [4.78, 5) is 0. The van der Waals surface area contributed by atoms with Crippen LogP contribution in [-0.2, 0) is 25.7 Å². The second-order valence-corrected chi connectivity index (χ2v) is 13.0. The van der Waals surface area contributed by atoms with Gasteiger partial charge >= 0.3 is 0 Å². The maximum absolute atomic E-state index is 7.54.